The standard InChI is InChI=1S/C23H30O2Si/c1-23(2,3)26(20-10-6-4-7-11-20,21-12-8-5-9-13-21)25-22-18-14-15-19(22)17-24-16-18/h4-13,18-19,22H,14-17H2,1-3H3. The summed E-state index contributed by atoms with van der Waals surface area (Å²) in [5, 5.41) is 2.81. The third kappa shape index (κ3) is 2.96. The fourth-order valence-electron chi connectivity index (χ4n) is 4.96. The van der Waals surface area contributed by atoms with Crippen LogP contribution in [0.15, 0.2) is 60.7 Å². The highest BCUT2D eigenvalue weighted by Gasteiger charge is 2.54. The molecule has 1 heterocycles. The van der Waals surface area contributed by atoms with Gasteiger partial charge in [0.05, 0.1) is 19.3 Å². The van der Waals surface area contributed by atoms with Gasteiger partial charge in [0.2, 0.25) is 0 Å². The van der Waals surface area contributed by atoms with Gasteiger partial charge in [-0.05, 0) is 28.3 Å². The molecule has 2 atom stereocenters. The predicted molar refractivity (Wildman–Crippen MR) is 110 cm³/mol. The molecule has 1 aliphatic carbocycles. The Morgan fingerprint density at radius 2 is 1.27 bits per heavy atom. The lowest BCUT2D eigenvalue weighted by Crippen LogP contribution is -2.68. The molecule has 2 fully saturated rings. The molecular formula is C23H30O2Si. The summed E-state index contributed by atoms with van der Waals surface area (Å²) in [6, 6.07) is 22.0. The molecule has 0 N–H and O–H groups in total. The van der Waals surface area contributed by atoms with Crippen LogP contribution in [0.2, 0.25) is 5.04 Å². The molecule has 26 heavy (non-hydrogen) atoms. The van der Waals surface area contributed by atoms with E-state index in [1.807, 2.05) is 0 Å². The van der Waals surface area contributed by atoms with Gasteiger partial charge in [-0.1, -0.05) is 81.4 Å². The maximum Gasteiger partial charge on any atom is 0.261 e. The van der Waals surface area contributed by atoms with E-state index in [1.165, 1.54) is 23.2 Å². The number of fused-ring (bicyclic) bond motifs is 2. The summed E-state index contributed by atoms with van der Waals surface area (Å²) >= 11 is 0. The van der Waals surface area contributed by atoms with Crippen molar-refractivity contribution < 1.29 is 9.16 Å². The van der Waals surface area contributed by atoms with Crippen molar-refractivity contribution in [2.45, 2.75) is 44.8 Å². The Balaban J connectivity index is 1.86. The molecule has 4 rings (SSSR count). The summed E-state index contributed by atoms with van der Waals surface area (Å²) in [5.41, 5.74) is 0. The second kappa shape index (κ2) is 6.95. The third-order valence-corrected chi connectivity index (χ3v) is 11.3. The molecule has 2 nitrogen and oxygen atoms in total. The molecule has 2 aromatic carbocycles. The van der Waals surface area contributed by atoms with Crippen LogP contribution in [-0.4, -0.2) is 27.6 Å². The molecular weight excluding hydrogens is 336 g/mol. The Morgan fingerprint density at radius 3 is 1.69 bits per heavy atom. The van der Waals surface area contributed by atoms with Crippen LogP contribution < -0.4 is 10.4 Å². The summed E-state index contributed by atoms with van der Waals surface area (Å²) in [4.78, 5) is 0. The molecule has 2 aromatic rings. The average Bonchev–Trinajstić information content (AvgIpc) is 2.86. The molecule has 0 aromatic heterocycles. The largest absolute Gasteiger partial charge is 0.404 e. The van der Waals surface area contributed by atoms with E-state index >= 15 is 0 Å². The fraction of sp³-hybridized carbons (Fsp3) is 0.478. The van der Waals surface area contributed by atoms with Crippen molar-refractivity contribution >= 4 is 18.7 Å². The van der Waals surface area contributed by atoms with Crippen LogP contribution in [0.25, 0.3) is 0 Å². The van der Waals surface area contributed by atoms with Gasteiger partial charge in [-0.15, -0.1) is 0 Å². The highest BCUT2D eigenvalue weighted by atomic mass is 28.4. The van der Waals surface area contributed by atoms with Crippen molar-refractivity contribution in [3.63, 3.8) is 0 Å². The molecule has 1 saturated heterocycles. The van der Waals surface area contributed by atoms with Crippen LogP contribution in [0, 0.1) is 11.8 Å². The Kier molecular flexibility index (Phi) is 4.80. The first kappa shape index (κ1) is 18.0. The summed E-state index contributed by atoms with van der Waals surface area (Å²) in [6.07, 6.45) is 2.82. The van der Waals surface area contributed by atoms with Crippen LogP contribution in [0.3, 0.4) is 0 Å². The summed E-state index contributed by atoms with van der Waals surface area (Å²) < 4.78 is 13.2. The SMILES string of the molecule is CC(C)(C)[Si](OC1C2CCC1COC2)(c1ccccc1)c1ccccc1. The van der Waals surface area contributed by atoms with Crippen LogP contribution >= 0.6 is 0 Å². The van der Waals surface area contributed by atoms with Crippen molar-refractivity contribution in [1.82, 2.24) is 0 Å². The molecule has 0 amide bonds. The first-order chi connectivity index (χ1) is 12.5. The van der Waals surface area contributed by atoms with Crippen molar-refractivity contribution in [3.8, 4) is 0 Å². The maximum atomic E-state index is 7.36. The lowest BCUT2D eigenvalue weighted by atomic mass is 10.00. The smallest absolute Gasteiger partial charge is 0.261 e. The van der Waals surface area contributed by atoms with E-state index < -0.39 is 8.32 Å². The lowest BCUT2D eigenvalue weighted by molar-refractivity contribution is -0.0374. The van der Waals surface area contributed by atoms with Gasteiger partial charge in [0.15, 0.2) is 0 Å². The normalized spacial score (nSPS) is 26.0. The first-order valence-corrected chi connectivity index (χ1v) is 11.8. The van der Waals surface area contributed by atoms with Gasteiger partial charge >= 0.3 is 0 Å². The van der Waals surface area contributed by atoms with E-state index in [-0.39, 0.29) is 5.04 Å². The van der Waals surface area contributed by atoms with Gasteiger partial charge in [0.1, 0.15) is 0 Å². The van der Waals surface area contributed by atoms with Crippen LogP contribution in [0.4, 0.5) is 0 Å². The minimum Gasteiger partial charge on any atom is -0.404 e. The van der Waals surface area contributed by atoms with E-state index in [9.17, 15) is 0 Å². The van der Waals surface area contributed by atoms with E-state index in [4.69, 9.17) is 9.16 Å². The number of benzene rings is 2. The Morgan fingerprint density at radius 1 is 0.808 bits per heavy atom. The molecule has 2 unspecified atom stereocenters. The van der Waals surface area contributed by atoms with E-state index in [2.05, 4.69) is 81.4 Å². The van der Waals surface area contributed by atoms with Crippen LogP contribution in [-0.2, 0) is 9.16 Å². The summed E-state index contributed by atoms with van der Waals surface area (Å²) in [7, 11) is -2.44. The van der Waals surface area contributed by atoms with Gasteiger partial charge in [0, 0.05) is 11.8 Å². The predicted octanol–water partition coefficient (Wildman–Crippen LogP) is 3.99. The molecule has 2 aliphatic rings. The minimum atomic E-state index is -2.44. The van der Waals surface area contributed by atoms with Crippen molar-refractivity contribution in [2.75, 3.05) is 13.2 Å². The Hall–Kier alpha value is -1.42. The molecule has 138 valence electrons. The second-order valence-corrected chi connectivity index (χ2v) is 13.1. The van der Waals surface area contributed by atoms with Gasteiger partial charge in [-0.2, -0.15) is 0 Å². The first-order valence-electron chi connectivity index (χ1n) is 9.89. The van der Waals surface area contributed by atoms with E-state index in [1.54, 1.807) is 0 Å². The number of rotatable bonds is 4. The topological polar surface area (TPSA) is 18.5 Å². The fourth-order valence-corrected chi connectivity index (χ4v) is 9.76. The van der Waals surface area contributed by atoms with Crippen LogP contribution in [0.1, 0.15) is 33.6 Å². The number of ether oxygens (including phenoxy) is 1. The molecule has 1 saturated carbocycles. The summed E-state index contributed by atoms with van der Waals surface area (Å²) in [5.74, 6) is 1.10. The highest BCUT2D eigenvalue weighted by Crippen LogP contribution is 2.44. The van der Waals surface area contributed by atoms with Crippen molar-refractivity contribution in [2.24, 2.45) is 11.8 Å². The number of hydrogen-bond acceptors (Lipinski definition) is 2. The summed E-state index contributed by atoms with van der Waals surface area (Å²) in [6.45, 7) is 8.81. The van der Waals surface area contributed by atoms with Gasteiger partial charge in [-0.25, -0.2) is 0 Å². The maximum absolute atomic E-state index is 7.36. The lowest BCUT2D eigenvalue weighted by Gasteiger charge is -2.47. The zero-order valence-electron chi connectivity index (χ0n) is 16.2. The molecule has 2 bridgehead atoms. The van der Waals surface area contributed by atoms with Gasteiger partial charge in [-0.3, -0.25) is 0 Å². The molecule has 3 heteroatoms. The molecule has 1 aliphatic heterocycles. The monoisotopic (exact) mass is 366 g/mol. The van der Waals surface area contributed by atoms with E-state index in [0.29, 0.717) is 17.9 Å². The van der Waals surface area contributed by atoms with Gasteiger partial charge < -0.3 is 9.16 Å². The second-order valence-electron chi connectivity index (χ2n) is 8.88. The van der Waals surface area contributed by atoms with Gasteiger partial charge in [0.25, 0.3) is 8.32 Å². The number of hydrogen-bond donors (Lipinski definition) is 0. The van der Waals surface area contributed by atoms with Crippen molar-refractivity contribution in [1.29, 1.82) is 0 Å². The van der Waals surface area contributed by atoms with E-state index in [0.717, 1.165) is 13.2 Å². The van der Waals surface area contributed by atoms with Crippen molar-refractivity contribution in [3.05, 3.63) is 60.7 Å². The Bertz CT molecular complexity index is 667. The zero-order chi connectivity index (χ0) is 18.2. The third-order valence-electron chi connectivity index (χ3n) is 6.23. The van der Waals surface area contributed by atoms with Crippen LogP contribution in [0.5, 0.6) is 0 Å². The molecule has 0 radical (unpaired) electrons. The minimum absolute atomic E-state index is 0.0491. The Labute approximate surface area is 158 Å². The average molecular weight is 367 g/mol. The highest BCUT2D eigenvalue weighted by molar-refractivity contribution is 6.99. The zero-order valence-corrected chi connectivity index (χ0v) is 17.2. The molecule has 0 spiro atoms. The quantitative estimate of drug-likeness (QED) is 0.762.